The fraction of sp³-hybridized carbons (Fsp3) is 0.0667. The van der Waals surface area contributed by atoms with Crippen LogP contribution in [0.5, 0.6) is 0 Å². The van der Waals surface area contributed by atoms with Crippen molar-refractivity contribution in [3.63, 3.8) is 0 Å². The van der Waals surface area contributed by atoms with Gasteiger partial charge in [-0.15, -0.1) is 0 Å². The maximum atomic E-state index is 12.1. The maximum Gasteiger partial charge on any atom is 0.265 e. The van der Waals surface area contributed by atoms with Gasteiger partial charge in [-0.25, -0.2) is 14.9 Å². The maximum absolute atomic E-state index is 12.1. The van der Waals surface area contributed by atoms with Crippen LogP contribution in [0.2, 0.25) is 0 Å². The highest BCUT2D eigenvalue weighted by molar-refractivity contribution is 6.22. The predicted molar refractivity (Wildman–Crippen MR) is 71.8 cm³/mol. The van der Waals surface area contributed by atoms with Crippen molar-refractivity contribution in [1.29, 1.82) is 0 Å². The van der Waals surface area contributed by atoms with E-state index in [0.717, 1.165) is 10.5 Å². The first-order valence-electron chi connectivity index (χ1n) is 6.15. The number of rotatable bonds is 3. The normalized spacial score (nSPS) is 14.1. The van der Waals surface area contributed by atoms with Gasteiger partial charge in [0.25, 0.3) is 11.8 Å². The highest BCUT2D eigenvalue weighted by Gasteiger charge is 2.33. The van der Waals surface area contributed by atoms with Crippen LogP contribution < -0.4 is 0 Å². The first-order chi connectivity index (χ1) is 9.77. The standard InChI is InChI=1S/C15H11N3O2/c19-14-12-5-1-2-6-13(12)15(20)18(14)7-3-4-11-8-16-10-17-9-11/h1-3,5-10H,4H2/b7-3+. The molecule has 0 aliphatic carbocycles. The number of carbonyl (C=O) groups excluding carboxylic acids is 2. The Hall–Kier alpha value is -2.82. The summed E-state index contributed by atoms with van der Waals surface area (Å²) in [6.45, 7) is 0. The number of allylic oxidation sites excluding steroid dienone is 1. The van der Waals surface area contributed by atoms with Gasteiger partial charge in [-0.05, 0) is 24.1 Å². The molecule has 1 aromatic carbocycles. The van der Waals surface area contributed by atoms with Crippen LogP contribution in [0.4, 0.5) is 0 Å². The Morgan fingerprint density at radius 2 is 1.60 bits per heavy atom. The number of amides is 2. The van der Waals surface area contributed by atoms with E-state index in [1.165, 1.54) is 12.5 Å². The van der Waals surface area contributed by atoms with Crippen LogP contribution in [-0.4, -0.2) is 26.7 Å². The second kappa shape index (κ2) is 5.05. The lowest BCUT2D eigenvalue weighted by Crippen LogP contribution is -2.23. The quantitative estimate of drug-likeness (QED) is 0.794. The molecule has 0 unspecified atom stereocenters. The van der Waals surface area contributed by atoms with Crippen molar-refractivity contribution in [1.82, 2.24) is 14.9 Å². The molecule has 0 atom stereocenters. The van der Waals surface area contributed by atoms with E-state index < -0.39 is 0 Å². The molecule has 5 nitrogen and oxygen atoms in total. The highest BCUT2D eigenvalue weighted by atomic mass is 16.2. The molecule has 0 saturated heterocycles. The summed E-state index contributed by atoms with van der Waals surface area (Å²) < 4.78 is 0. The second-order valence-corrected chi connectivity index (χ2v) is 4.36. The molecule has 5 heteroatoms. The monoisotopic (exact) mass is 265 g/mol. The van der Waals surface area contributed by atoms with Crippen molar-refractivity contribution >= 4 is 11.8 Å². The molecule has 2 amide bonds. The molecule has 0 radical (unpaired) electrons. The van der Waals surface area contributed by atoms with E-state index >= 15 is 0 Å². The summed E-state index contributed by atoms with van der Waals surface area (Å²) in [4.78, 5) is 33.1. The van der Waals surface area contributed by atoms with E-state index in [1.54, 1.807) is 42.7 Å². The SMILES string of the molecule is O=C1c2ccccc2C(=O)N1/C=C/Cc1cncnc1. The number of nitrogens with zero attached hydrogens (tertiary/aromatic N) is 3. The Morgan fingerprint density at radius 1 is 1.00 bits per heavy atom. The summed E-state index contributed by atoms with van der Waals surface area (Å²) in [6, 6.07) is 6.82. The van der Waals surface area contributed by atoms with Gasteiger partial charge in [0.2, 0.25) is 0 Å². The fourth-order valence-corrected chi connectivity index (χ4v) is 2.07. The van der Waals surface area contributed by atoms with Crippen LogP contribution in [0.3, 0.4) is 0 Å². The molecular weight excluding hydrogens is 254 g/mol. The van der Waals surface area contributed by atoms with Gasteiger partial charge >= 0.3 is 0 Å². The van der Waals surface area contributed by atoms with Gasteiger partial charge in [-0.2, -0.15) is 0 Å². The number of fused-ring (bicyclic) bond motifs is 1. The van der Waals surface area contributed by atoms with Crippen LogP contribution in [0.25, 0.3) is 0 Å². The van der Waals surface area contributed by atoms with Gasteiger partial charge in [0.1, 0.15) is 6.33 Å². The number of carbonyl (C=O) groups is 2. The Morgan fingerprint density at radius 3 is 2.20 bits per heavy atom. The van der Waals surface area contributed by atoms with Crippen LogP contribution in [0.1, 0.15) is 26.3 Å². The predicted octanol–water partition coefficient (Wildman–Crippen LogP) is 1.83. The number of hydrogen-bond donors (Lipinski definition) is 0. The van der Waals surface area contributed by atoms with E-state index in [4.69, 9.17) is 0 Å². The molecule has 1 aromatic heterocycles. The molecular formula is C15H11N3O2. The summed E-state index contributed by atoms with van der Waals surface area (Å²) in [7, 11) is 0. The minimum absolute atomic E-state index is 0.286. The molecule has 0 fully saturated rings. The van der Waals surface area contributed by atoms with E-state index in [-0.39, 0.29) is 11.8 Å². The third-order valence-electron chi connectivity index (χ3n) is 3.05. The van der Waals surface area contributed by atoms with E-state index in [1.807, 2.05) is 0 Å². The molecule has 2 aromatic rings. The van der Waals surface area contributed by atoms with Gasteiger partial charge in [-0.1, -0.05) is 18.2 Å². The third-order valence-corrected chi connectivity index (χ3v) is 3.05. The number of benzene rings is 1. The fourth-order valence-electron chi connectivity index (χ4n) is 2.07. The minimum Gasteiger partial charge on any atom is -0.268 e. The Balaban J connectivity index is 1.77. The van der Waals surface area contributed by atoms with Crippen molar-refractivity contribution in [2.45, 2.75) is 6.42 Å². The van der Waals surface area contributed by atoms with Crippen LogP contribution in [0.15, 0.2) is 55.3 Å². The molecule has 98 valence electrons. The average molecular weight is 265 g/mol. The van der Waals surface area contributed by atoms with Crippen LogP contribution >= 0.6 is 0 Å². The van der Waals surface area contributed by atoms with E-state index in [0.29, 0.717) is 17.5 Å². The molecule has 0 saturated carbocycles. The van der Waals surface area contributed by atoms with Gasteiger partial charge in [0, 0.05) is 18.6 Å². The molecule has 1 aliphatic heterocycles. The van der Waals surface area contributed by atoms with Gasteiger partial charge in [0.15, 0.2) is 0 Å². The smallest absolute Gasteiger partial charge is 0.265 e. The van der Waals surface area contributed by atoms with Crippen molar-refractivity contribution in [2.24, 2.45) is 0 Å². The zero-order valence-corrected chi connectivity index (χ0v) is 10.6. The Labute approximate surface area is 115 Å². The van der Waals surface area contributed by atoms with Crippen LogP contribution in [0, 0.1) is 0 Å². The minimum atomic E-state index is -0.286. The summed E-state index contributed by atoms with van der Waals surface area (Å²) in [5, 5.41) is 0. The molecule has 0 N–H and O–H groups in total. The number of hydrogen-bond acceptors (Lipinski definition) is 4. The van der Waals surface area contributed by atoms with Crippen molar-refractivity contribution in [3.8, 4) is 0 Å². The molecule has 0 spiro atoms. The summed E-state index contributed by atoms with van der Waals surface area (Å²) >= 11 is 0. The lowest BCUT2D eigenvalue weighted by atomic mass is 10.1. The summed E-state index contributed by atoms with van der Waals surface area (Å²) in [5.41, 5.74) is 1.82. The number of aromatic nitrogens is 2. The Kier molecular flexibility index (Phi) is 3.09. The van der Waals surface area contributed by atoms with E-state index in [9.17, 15) is 9.59 Å². The molecule has 0 bridgehead atoms. The largest absolute Gasteiger partial charge is 0.268 e. The molecule has 1 aliphatic rings. The highest BCUT2D eigenvalue weighted by Crippen LogP contribution is 2.22. The van der Waals surface area contributed by atoms with Gasteiger partial charge in [0.05, 0.1) is 11.1 Å². The van der Waals surface area contributed by atoms with E-state index in [2.05, 4.69) is 9.97 Å². The van der Waals surface area contributed by atoms with Crippen molar-refractivity contribution in [2.75, 3.05) is 0 Å². The van der Waals surface area contributed by atoms with Gasteiger partial charge in [-0.3, -0.25) is 9.59 Å². The molecule has 3 rings (SSSR count). The topological polar surface area (TPSA) is 63.2 Å². The van der Waals surface area contributed by atoms with Crippen LogP contribution in [-0.2, 0) is 6.42 Å². The van der Waals surface area contributed by atoms with Crippen molar-refractivity contribution < 1.29 is 9.59 Å². The zero-order valence-electron chi connectivity index (χ0n) is 10.6. The second-order valence-electron chi connectivity index (χ2n) is 4.36. The summed E-state index contributed by atoms with van der Waals surface area (Å²) in [5.74, 6) is -0.572. The Bertz CT molecular complexity index is 660. The first-order valence-corrected chi connectivity index (χ1v) is 6.15. The number of imide groups is 1. The lowest BCUT2D eigenvalue weighted by Gasteiger charge is -2.06. The van der Waals surface area contributed by atoms with Gasteiger partial charge < -0.3 is 0 Å². The zero-order chi connectivity index (χ0) is 13.9. The third kappa shape index (κ3) is 2.09. The lowest BCUT2D eigenvalue weighted by molar-refractivity contribution is 0.0721. The molecule has 2 heterocycles. The van der Waals surface area contributed by atoms with Crippen molar-refractivity contribution in [3.05, 3.63) is 72.0 Å². The first kappa shape index (κ1) is 12.2. The molecule has 20 heavy (non-hydrogen) atoms. The summed E-state index contributed by atoms with van der Waals surface area (Å²) in [6.07, 6.45) is 8.67. The average Bonchev–Trinajstić information content (AvgIpc) is 2.74.